The molecule has 2 saturated heterocycles. The van der Waals surface area contributed by atoms with Crippen LogP contribution in [0.3, 0.4) is 0 Å². The van der Waals surface area contributed by atoms with E-state index in [2.05, 4.69) is 31.2 Å². The van der Waals surface area contributed by atoms with Crippen LogP contribution < -0.4 is 0 Å². The zero-order chi connectivity index (χ0) is 23.8. The molecule has 2 atom stereocenters. The maximum Gasteiger partial charge on any atom is 0.274 e. The molecule has 7 nitrogen and oxygen atoms in total. The van der Waals surface area contributed by atoms with Gasteiger partial charge in [0.15, 0.2) is 5.69 Å². The summed E-state index contributed by atoms with van der Waals surface area (Å²) in [7, 11) is 0. The number of fused-ring (bicyclic) bond motifs is 1. The Balaban J connectivity index is 1.25. The Bertz CT molecular complexity index is 1060. The van der Waals surface area contributed by atoms with Crippen molar-refractivity contribution < 1.29 is 14.3 Å². The molecule has 3 heterocycles. The minimum absolute atomic E-state index is 0.0205. The first-order valence-corrected chi connectivity index (χ1v) is 12.8. The van der Waals surface area contributed by atoms with Crippen LogP contribution in [0, 0.1) is 6.92 Å². The second kappa shape index (κ2) is 9.53. The Morgan fingerprint density at radius 1 is 1.06 bits per heavy atom. The van der Waals surface area contributed by atoms with Crippen molar-refractivity contribution in [2.75, 3.05) is 26.2 Å². The van der Waals surface area contributed by atoms with Crippen molar-refractivity contribution in [2.45, 2.75) is 77.5 Å². The number of carbonyl (C=O) groups is 2. The summed E-state index contributed by atoms with van der Waals surface area (Å²) < 4.78 is 7.61. The van der Waals surface area contributed by atoms with Crippen molar-refractivity contribution in [3.8, 4) is 0 Å². The van der Waals surface area contributed by atoms with E-state index >= 15 is 0 Å². The fourth-order valence-corrected chi connectivity index (χ4v) is 5.92. The summed E-state index contributed by atoms with van der Waals surface area (Å²) >= 11 is 0. The van der Waals surface area contributed by atoms with Crippen molar-refractivity contribution in [3.63, 3.8) is 0 Å². The molecular formula is C27H36N4O3. The van der Waals surface area contributed by atoms with E-state index < -0.39 is 0 Å². The van der Waals surface area contributed by atoms with Crippen LogP contribution in [0.15, 0.2) is 24.3 Å². The van der Waals surface area contributed by atoms with E-state index in [1.165, 1.54) is 11.1 Å². The maximum absolute atomic E-state index is 13.3. The number of benzene rings is 1. The molecular weight excluding hydrogens is 428 g/mol. The number of hydrogen-bond acceptors (Lipinski definition) is 4. The summed E-state index contributed by atoms with van der Waals surface area (Å²) in [6.45, 7) is 9.07. The first-order chi connectivity index (χ1) is 16.4. The highest BCUT2D eigenvalue weighted by Gasteiger charge is 2.33. The molecule has 1 aromatic carbocycles. The third kappa shape index (κ3) is 4.63. The van der Waals surface area contributed by atoms with E-state index in [1.54, 1.807) is 0 Å². The standard InChI is InChI=1S/C27H36N4O3/c1-18-6-4-7-22(14-18)21-10-12-29(13-11-21)25(32)17-31-24-9-5-8-23(24)26(28-31)27(33)30-15-19(2)34-20(3)16-30/h4,6-7,14,19-21H,5,8-13,15-17H2,1-3H3/t19-,20+. The van der Waals surface area contributed by atoms with Gasteiger partial charge in [0.1, 0.15) is 6.54 Å². The lowest BCUT2D eigenvalue weighted by Crippen LogP contribution is -2.48. The predicted molar refractivity (Wildman–Crippen MR) is 130 cm³/mol. The van der Waals surface area contributed by atoms with Crippen LogP contribution in [0.1, 0.15) is 71.9 Å². The third-order valence-electron chi connectivity index (χ3n) is 7.56. The normalized spacial score (nSPS) is 23.3. The average Bonchev–Trinajstić information content (AvgIpc) is 3.42. The van der Waals surface area contributed by atoms with Crippen LogP contribution in [0.2, 0.25) is 0 Å². The highest BCUT2D eigenvalue weighted by Crippen LogP contribution is 2.30. The summed E-state index contributed by atoms with van der Waals surface area (Å²) in [5.41, 5.74) is 5.32. The number of ether oxygens (including phenoxy) is 1. The fourth-order valence-electron chi connectivity index (χ4n) is 5.92. The third-order valence-corrected chi connectivity index (χ3v) is 7.56. The summed E-state index contributed by atoms with van der Waals surface area (Å²) in [5, 5.41) is 4.70. The monoisotopic (exact) mass is 464 g/mol. The van der Waals surface area contributed by atoms with Gasteiger partial charge in [-0.25, -0.2) is 0 Å². The number of piperidine rings is 1. The molecule has 1 aromatic heterocycles. The summed E-state index contributed by atoms with van der Waals surface area (Å²) in [4.78, 5) is 30.4. The van der Waals surface area contributed by atoms with Gasteiger partial charge in [0, 0.05) is 37.4 Å². The molecule has 5 rings (SSSR count). The van der Waals surface area contributed by atoms with Crippen LogP contribution in [-0.2, 0) is 28.9 Å². The van der Waals surface area contributed by atoms with Gasteiger partial charge in [-0.15, -0.1) is 0 Å². The van der Waals surface area contributed by atoms with Gasteiger partial charge in [-0.1, -0.05) is 29.8 Å². The van der Waals surface area contributed by atoms with Crippen LogP contribution in [0.5, 0.6) is 0 Å². The van der Waals surface area contributed by atoms with Gasteiger partial charge < -0.3 is 14.5 Å². The molecule has 2 amide bonds. The lowest BCUT2D eigenvalue weighted by molar-refractivity contribution is -0.133. The number of morpholine rings is 1. The number of carbonyl (C=O) groups excluding carboxylic acids is 2. The molecule has 7 heteroatoms. The highest BCUT2D eigenvalue weighted by molar-refractivity contribution is 5.94. The minimum Gasteiger partial charge on any atom is -0.372 e. The molecule has 3 aliphatic rings. The van der Waals surface area contributed by atoms with E-state index in [9.17, 15) is 9.59 Å². The van der Waals surface area contributed by atoms with E-state index in [4.69, 9.17) is 9.84 Å². The van der Waals surface area contributed by atoms with Crippen LogP contribution in [-0.4, -0.2) is 69.8 Å². The first kappa shape index (κ1) is 23.1. The van der Waals surface area contributed by atoms with Crippen LogP contribution in [0.25, 0.3) is 0 Å². The van der Waals surface area contributed by atoms with Crippen LogP contribution >= 0.6 is 0 Å². The topological polar surface area (TPSA) is 67.7 Å². The average molecular weight is 465 g/mol. The fraction of sp³-hybridized carbons (Fsp3) is 0.593. The molecule has 2 aromatic rings. The molecule has 34 heavy (non-hydrogen) atoms. The van der Waals surface area contributed by atoms with Crippen molar-refractivity contribution in [3.05, 3.63) is 52.3 Å². The maximum atomic E-state index is 13.3. The number of rotatable bonds is 4. The van der Waals surface area contributed by atoms with Crippen molar-refractivity contribution in [1.82, 2.24) is 19.6 Å². The van der Waals surface area contributed by atoms with E-state index in [0.29, 0.717) is 24.7 Å². The highest BCUT2D eigenvalue weighted by atomic mass is 16.5. The molecule has 0 radical (unpaired) electrons. The van der Waals surface area contributed by atoms with E-state index in [0.717, 1.165) is 56.5 Å². The second-order valence-electron chi connectivity index (χ2n) is 10.3. The number of likely N-dealkylation sites (tertiary alicyclic amines) is 1. The summed E-state index contributed by atoms with van der Waals surface area (Å²) in [5.74, 6) is 0.596. The summed E-state index contributed by atoms with van der Waals surface area (Å²) in [6, 6.07) is 8.72. The van der Waals surface area contributed by atoms with E-state index in [1.807, 2.05) is 28.3 Å². The summed E-state index contributed by atoms with van der Waals surface area (Å²) in [6.07, 6.45) is 4.78. The molecule has 2 fully saturated rings. The zero-order valence-corrected chi connectivity index (χ0v) is 20.6. The molecule has 0 bridgehead atoms. The number of nitrogens with zero attached hydrogens (tertiary/aromatic N) is 4. The molecule has 2 aliphatic heterocycles. The Labute approximate surface area is 202 Å². The molecule has 0 spiro atoms. The van der Waals surface area contributed by atoms with Gasteiger partial charge in [-0.05, 0) is 64.4 Å². The van der Waals surface area contributed by atoms with Crippen molar-refractivity contribution in [1.29, 1.82) is 0 Å². The van der Waals surface area contributed by atoms with Crippen LogP contribution in [0.4, 0.5) is 0 Å². The molecule has 1 aliphatic carbocycles. The number of hydrogen-bond donors (Lipinski definition) is 0. The lowest BCUT2D eigenvalue weighted by Gasteiger charge is -2.35. The van der Waals surface area contributed by atoms with Gasteiger partial charge in [-0.3, -0.25) is 14.3 Å². The van der Waals surface area contributed by atoms with E-state index in [-0.39, 0.29) is 30.6 Å². The molecule has 182 valence electrons. The lowest BCUT2D eigenvalue weighted by atomic mass is 9.88. The molecule has 0 saturated carbocycles. The SMILES string of the molecule is Cc1cccc(C2CCN(C(=O)Cn3nc(C(=O)N4C[C@@H](C)O[C@@H](C)C4)c4c3CCC4)CC2)c1. The Kier molecular flexibility index (Phi) is 6.47. The van der Waals surface area contributed by atoms with Crippen molar-refractivity contribution >= 4 is 11.8 Å². The molecule has 0 N–H and O–H groups in total. The predicted octanol–water partition coefficient (Wildman–Crippen LogP) is 3.34. The first-order valence-electron chi connectivity index (χ1n) is 12.8. The molecule has 0 unspecified atom stereocenters. The van der Waals surface area contributed by atoms with Gasteiger partial charge in [0.2, 0.25) is 5.91 Å². The van der Waals surface area contributed by atoms with Gasteiger partial charge in [-0.2, -0.15) is 5.10 Å². The van der Waals surface area contributed by atoms with Crippen molar-refractivity contribution in [2.24, 2.45) is 0 Å². The quantitative estimate of drug-likeness (QED) is 0.696. The number of amides is 2. The smallest absolute Gasteiger partial charge is 0.274 e. The number of aryl methyl sites for hydroxylation is 1. The largest absolute Gasteiger partial charge is 0.372 e. The van der Waals surface area contributed by atoms with Gasteiger partial charge in [0.05, 0.1) is 12.2 Å². The minimum atomic E-state index is -0.0229. The Morgan fingerprint density at radius 2 is 1.79 bits per heavy atom. The van der Waals surface area contributed by atoms with Gasteiger partial charge >= 0.3 is 0 Å². The Hall–Kier alpha value is -2.67. The number of aromatic nitrogens is 2. The zero-order valence-electron chi connectivity index (χ0n) is 20.6. The second-order valence-corrected chi connectivity index (χ2v) is 10.3. The van der Waals surface area contributed by atoms with Gasteiger partial charge in [0.25, 0.3) is 5.91 Å². The Morgan fingerprint density at radius 3 is 2.50 bits per heavy atom.